The highest BCUT2D eigenvalue weighted by Crippen LogP contribution is 2.23. The molecule has 18 heavy (non-hydrogen) atoms. The Morgan fingerprint density at radius 2 is 2.28 bits per heavy atom. The maximum Gasteiger partial charge on any atom is 0.228 e. The van der Waals surface area contributed by atoms with Crippen LogP contribution in [0.3, 0.4) is 0 Å². The molecule has 0 aromatic rings. The molecule has 104 valence electrons. The molecule has 4 nitrogen and oxygen atoms in total. The Kier molecular flexibility index (Phi) is 5.01. The van der Waals surface area contributed by atoms with Gasteiger partial charge in [0.15, 0.2) is 0 Å². The summed E-state index contributed by atoms with van der Waals surface area (Å²) in [5.41, 5.74) is 0. The third-order valence-corrected chi connectivity index (χ3v) is 4.45. The number of ether oxygens (including phenoxy) is 1. The van der Waals surface area contributed by atoms with Gasteiger partial charge in [-0.25, -0.2) is 0 Å². The van der Waals surface area contributed by atoms with Crippen LogP contribution >= 0.6 is 0 Å². The lowest BCUT2D eigenvalue weighted by molar-refractivity contribution is -0.142. The number of rotatable bonds is 3. The van der Waals surface area contributed by atoms with Crippen LogP contribution in [0.5, 0.6) is 0 Å². The fourth-order valence-electron chi connectivity index (χ4n) is 3.22. The highest BCUT2D eigenvalue weighted by molar-refractivity contribution is 5.79. The fraction of sp³-hybridized carbons (Fsp3) is 0.929. The standard InChI is InChI=1S/C14H26N2O2/c1-3-11-9-16(7-6-13(11)15-2)14(17)12-5-4-8-18-10-12/h11-13,15H,3-10H2,1-2H3. The molecule has 0 bridgehead atoms. The molecule has 2 saturated heterocycles. The normalized spacial score (nSPS) is 33.4. The summed E-state index contributed by atoms with van der Waals surface area (Å²) in [5.74, 6) is 1.03. The molecule has 2 aliphatic heterocycles. The minimum atomic E-state index is 0.113. The minimum absolute atomic E-state index is 0.113. The first kappa shape index (κ1) is 13.8. The summed E-state index contributed by atoms with van der Waals surface area (Å²) in [4.78, 5) is 14.5. The van der Waals surface area contributed by atoms with E-state index in [0.717, 1.165) is 45.4 Å². The van der Waals surface area contributed by atoms with Gasteiger partial charge >= 0.3 is 0 Å². The van der Waals surface area contributed by atoms with Crippen molar-refractivity contribution < 1.29 is 9.53 Å². The SMILES string of the molecule is CCC1CN(C(=O)C2CCCOC2)CCC1NC. The average molecular weight is 254 g/mol. The van der Waals surface area contributed by atoms with Gasteiger partial charge < -0.3 is 15.0 Å². The molecule has 0 aliphatic carbocycles. The Balaban J connectivity index is 1.91. The summed E-state index contributed by atoms with van der Waals surface area (Å²) < 4.78 is 5.43. The van der Waals surface area contributed by atoms with Gasteiger partial charge in [-0.1, -0.05) is 13.3 Å². The molecule has 2 fully saturated rings. The number of piperidine rings is 1. The molecule has 1 amide bonds. The molecule has 0 spiro atoms. The average Bonchev–Trinajstić information content (AvgIpc) is 2.46. The third kappa shape index (κ3) is 3.04. The Morgan fingerprint density at radius 1 is 1.44 bits per heavy atom. The summed E-state index contributed by atoms with van der Waals surface area (Å²) in [6.45, 7) is 5.48. The van der Waals surface area contributed by atoms with Gasteiger partial charge in [0, 0.05) is 25.7 Å². The van der Waals surface area contributed by atoms with E-state index in [1.54, 1.807) is 0 Å². The predicted molar refractivity (Wildman–Crippen MR) is 71.4 cm³/mol. The van der Waals surface area contributed by atoms with Crippen molar-refractivity contribution in [2.45, 2.75) is 38.6 Å². The number of carbonyl (C=O) groups excluding carboxylic acids is 1. The van der Waals surface area contributed by atoms with Gasteiger partial charge in [0.05, 0.1) is 12.5 Å². The quantitative estimate of drug-likeness (QED) is 0.824. The maximum absolute atomic E-state index is 12.4. The van der Waals surface area contributed by atoms with Gasteiger partial charge in [-0.2, -0.15) is 0 Å². The van der Waals surface area contributed by atoms with Crippen molar-refractivity contribution in [1.29, 1.82) is 0 Å². The van der Waals surface area contributed by atoms with Crippen LogP contribution in [0.4, 0.5) is 0 Å². The van der Waals surface area contributed by atoms with Crippen LogP contribution in [0.25, 0.3) is 0 Å². The van der Waals surface area contributed by atoms with E-state index in [9.17, 15) is 4.79 Å². The molecule has 3 atom stereocenters. The molecule has 0 aromatic carbocycles. The zero-order valence-electron chi connectivity index (χ0n) is 11.7. The third-order valence-electron chi connectivity index (χ3n) is 4.45. The smallest absolute Gasteiger partial charge is 0.228 e. The summed E-state index contributed by atoms with van der Waals surface area (Å²) in [5, 5.41) is 3.38. The van der Waals surface area contributed by atoms with Crippen LogP contribution in [0.15, 0.2) is 0 Å². The Morgan fingerprint density at radius 3 is 2.89 bits per heavy atom. The van der Waals surface area contributed by atoms with E-state index in [2.05, 4.69) is 17.1 Å². The van der Waals surface area contributed by atoms with Crippen molar-refractivity contribution in [3.63, 3.8) is 0 Å². The van der Waals surface area contributed by atoms with E-state index in [1.165, 1.54) is 0 Å². The monoisotopic (exact) mass is 254 g/mol. The molecular weight excluding hydrogens is 228 g/mol. The van der Waals surface area contributed by atoms with E-state index in [-0.39, 0.29) is 5.92 Å². The number of nitrogens with zero attached hydrogens (tertiary/aromatic N) is 1. The van der Waals surface area contributed by atoms with E-state index >= 15 is 0 Å². The number of hydrogen-bond donors (Lipinski definition) is 1. The first-order chi connectivity index (χ1) is 8.76. The van der Waals surface area contributed by atoms with E-state index < -0.39 is 0 Å². The molecule has 0 saturated carbocycles. The van der Waals surface area contributed by atoms with E-state index in [1.807, 2.05) is 7.05 Å². The number of likely N-dealkylation sites (tertiary alicyclic amines) is 1. The van der Waals surface area contributed by atoms with Crippen molar-refractivity contribution >= 4 is 5.91 Å². The van der Waals surface area contributed by atoms with Gasteiger partial charge in [0.1, 0.15) is 0 Å². The second-order valence-corrected chi connectivity index (χ2v) is 5.55. The molecule has 0 radical (unpaired) electrons. The minimum Gasteiger partial charge on any atom is -0.381 e. The fourth-order valence-corrected chi connectivity index (χ4v) is 3.22. The van der Waals surface area contributed by atoms with Crippen LogP contribution in [0.2, 0.25) is 0 Å². The van der Waals surface area contributed by atoms with Gasteiger partial charge in [0.25, 0.3) is 0 Å². The number of hydrogen-bond acceptors (Lipinski definition) is 3. The molecule has 0 aromatic heterocycles. The largest absolute Gasteiger partial charge is 0.381 e. The number of carbonyl (C=O) groups is 1. The summed E-state index contributed by atoms with van der Waals surface area (Å²) >= 11 is 0. The molecule has 2 heterocycles. The molecule has 3 unspecified atom stereocenters. The summed E-state index contributed by atoms with van der Waals surface area (Å²) in [6, 6.07) is 0.571. The summed E-state index contributed by atoms with van der Waals surface area (Å²) in [6.07, 6.45) is 4.24. The van der Waals surface area contributed by atoms with Gasteiger partial charge in [-0.05, 0) is 32.2 Å². The Bertz CT molecular complexity index is 277. The Labute approximate surface area is 110 Å². The van der Waals surface area contributed by atoms with Crippen LogP contribution < -0.4 is 5.32 Å². The molecule has 4 heteroatoms. The highest BCUT2D eigenvalue weighted by Gasteiger charge is 2.33. The topological polar surface area (TPSA) is 41.6 Å². The second kappa shape index (κ2) is 6.53. The van der Waals surface area contributed by atoms with Crippen LogP contribution in [-0.2, 0) is 9.53 Å². The second-order valence-electron chi connectivity index (χ2n) is 5.55. The van der Waals surface area contributed by atoms with Crippen LogP contribution in [0.1, 0.15) is 32.6 Å². The Hall–Kier alpha value is -0.610. The number of amides is 1. The predicted octanol–water partition coefficient (Wildman–Crippen LogP) is 1.26. The van der Waals surface area contributed by atoms with Crippen LogP contribution in [0, 0.1) is 11.8 Å². The number of nitrogens with one attached hydrogen (secondary N) is 1. The first-order valence-corrected chi connectivity index (χ1v) is 7.30. The maximum atomic E-state index is 12.4. The van der Waals surface area contributed by atoms with Crippen molar-refractivity contribution in [3.8, 4) is 0 Å². The first-order valence-electron chi connectivity index (χ1n) is 7.30. The zero-order chi connectivity index (χ0) is 13.0. The van der Waals surface area contributed by atoms with Crippen molar-refractivity contribution in [2.75, 3.05) is 33.4 Å². The van der Waals surface area contributed by atoms with Crippen molar-refractivity contribution in [1.82, 2.24) is 10.2 Å². The summed E-state index contributed by atoms with van der Waals surface area (Å²) in [7, 11) is 2.03. The van der Waals surface area contributed by atoms with Crippen molar-refractivity contribution in [2.24, 2.45) is 11.8 Å². The molecular formula is C14H26N2O2. The van der Waals surface area contributed by atoms with Gasteiger partial charge in [-0.3, -0.25) is 4.79 Å². The molecule has 2 rings (SSSR count). The molecule has 2 aliphatic rings. The lowest BCUT2D eigenvalue weighted by Crippen LogP contribution is -2.52. The van der Waals surface area contributed by atoms with Crippen molar-refractivity contribution in [3.05, 3.63) is 0 Å². The highest BCUT2D eigenvalue weighted by atomic mass is 16.5. The van der Waals surface area contributed by atoms with E-state index in [0.29, 0.717) is 24.5 Å². The molecule has 1 N–H and O–H groups in total. The lowest BCUT2D eigenvalue weighted by Gasteiger charge is -2.40. The zero-order valence-corrected chi connectivity index (χ0v) is 11.7. The lowest BCUT2D eigenvalue weighted by atomic mass is 9.89. The van der Waals surface area contributed by atoms with Crippen LogP contribution in [-0.4, -0.2) is 50.2 Å². The van der Waals surface area contributed by atoms with Gasteiger partial charge in [-0.15, -0.1) is 0 Å². The van der Waals surface area contributed by atoms with Gasteiger partial charge in [0.2, 0.25) is 5.91 Å². The van der Waals surface area contributed by atoms with E-state index in [4.69, 9.17) is 4.74 Å².